The molecule has 2 saturated heterocycles. The fraction of sp³-hybridized carbons (Fsp3) is 0.750. The first-order chi connectivity index (χ1) is 10.7. The summed E-state index contributed by atoms with van der Waals surface area (Å²) in [5.74, 6) is 1.80. The lowest BCUT2D eigenvalue weighted by atomic mass is 9.99. The second kappa shape index (κ2) is 6.89. The van der Waals surface area contributed by atoms with Crippen molar-refractivity contribution in [3.05, 3.63) is 17.6 Å². The smallest absolute Gasteiger partial charge is 0.132 e. The number of nitrogens with zero attached hydrogens (tertiary/aromatic N) is 4. The standard InChI is InChI=1S/C16H27N5O/c1-12-18-13(10-17)9-16(19-12)20-7-4-14(5-8-20)21-6-2-3-15(22)11-21/h9,14-15,22H,2-8,10-11,17H2,1H3/t15-/m1/s1. The number of aryl methyl sites for hydroxylation is 1. The largest absolute Gasteiger partial charge is 0.392 e. The van der Waals surface area contributed by atoms with Crippen LogP contribution in [0.1, 0.15) is 37.2 Å². The molecule has 0 unspecified atom stereocenters. The van der Waals surface area contributed by atoms with Crippen LogP contribution in [-0.2, 0) is 6.54 Å². The molecule has 122 valence electrons. The monoisotopic (exact) mass is 305 g/mol. The third-order valence-electron chi connectivity index (χ3n) is 4.82. The van der Waals surface area contributed by atoms with Crippen LogP contribution in [0.2, 0.25) is 0 Å². The lowest BCUT2D eigenvalue weighted by Crippen LogP contribution is -2.49. The zero-order valence-corrected chi connectivity index (χ0v) is 13.4. The molecule has 3 N–H and O–H groups in total. The number of rotatable bonds is 3. The Morgan fingerprint density at radius 2 is 2.00 bits per heavy atom. The number of piperidine rings is 2. The van der Waals surface area contributed by atoms with E-state index in [9.17, 15) is 5.11 Å². The SMILES string of the molecule is Cc1nc(CN)cc(N2CCC(N3CCC[C@@H](O)C3)CC2)n1. The first-order valence-corrected chi connectivity index (χ1v) is 8.37. The van der Waals surface area contributed by atoms with Crippen LogP contribution < -0.4 is 10.6 Å². The molecule has 2 fully saturated rings. The predicted molar refractivity (Wildman–Crippen MR) is 86.7 cm³/mol. The van der Waals surface area contributed by atoms with Crippen molar-refractivity contribution in [1.29, 1.82) is 0 Å². The van der Waals surface area contributed by atoms with Gasteiger partial charge in [0.15, 0.2) is 0 Å². The van der Waals surface area contributed by atoms with E-state index in [0.717, 1.165) is 69.2 Å². The van der Waals surface area contributed by atoms with E-state index in [4.69, 9.17) is 5.73 Å². The summed E-state index contributed by atoms with van der Waals surface area (Å²) in [6.45, 7) is 6.37. The fourth-order valence-electron chi connectivity index (χ4n) is 3.65. The molecule has 2 aliphatic rings. The highest BCUT2D eigenvalue weighted by Gasteiger charge is 2.28. The number of hydrogen-bond acceptors (Lipinski definition) is 6. The maximum absolute atomic E-state index is 9.85. The summed E-state index contributed by atoms with van der Waals surface area (Å²) >= 11 is 0. The van der Waals surface area contributed by atoms with Crippen LogP contribution in [0.3, 0.4) is 0 Å². The van der Waals surface area contributed by atoms with Crippen molar-refractivity contribution in [2.45, 2.75) is 51.3 Å². The summed E-state index contributed by atoms with van der Waals surface area (Å²) in [5, 5.41) is 9.85. The van der Waals surface area contributed by atoms with E-state index in [-0.39, 0.29) is 6.10 Å². The highest BCUT2D eigenvalue weighted by Crippen LogP contribution is 2.24. The van der Waals surface area contributed by atoms with Gasteiger partial charge in [-0.15, -0.1) is 0 Å². The number of likely N-dealkylation sites (tertiary alicyclic amines) is 1. The molecule has 0 bridgehead atoms. The molecular weight excluding hydrogens is 278 g/mol. The molecule has 0 amide bonds. The van der Waals surface area contributed by atoms with Crippen LogP contribution in [0.25, 0.3) is 0 Å². The quantitative estimate of drug-likeness (QED) is 0.854. The van der Waals surface area contributed by atoms with E-state index in [1.54, 1.807) is 0 Å². The maximum Gasteiger partial charge on any atom is 0.132 e. The Balaban J connectivity index is 1.60. The Morgan fingerprint density at radius 1 is 1.23 bits per heavy atom. The van der Waals surface area contributed by atoms with Gasteiger partial charge in [0.2, 0.25) is 0 Å². The molecule has 6 heteroatoms. The molecule has 1 aromatic rings. The van der Waals surface area contributed by atoms with Gasteiger partial charge >= 0.3 is 0 Å². The molecule has 0 aromatic carbocycles. The summed E-state index contributed by atoms with van der Waals surface area (Å²) in [6.07, 6.45) is 4.20. The zero-order valence-electron chi connectivity index (χ0n) is 13.4. The summed E-state index contributed by atoms with van der Waals surface area (Å²) < 4.78 is 0. The van der Waals surface area contributed by atoms with Gasteiger partial charge in [-0.05, 0) is 39.2 Å². The van der Waals surface area contributed by atoms with Crippen molar-refractivity contribution >= 4 is 5.82 Å². The summed E-state index contributed by atoms with van der Waals surface area (Å²) in [4.78, 5) is 13.7. The Hall–Kier alpha value is -1.24. The minimum absolute atomic E-state index is 0.136. The summed E-state index contributed by atoms with van der Waals surface area (Å²) in [5.41, 5.74) is 6.62. The van der Waals surface area contributed by atoms with E-state index in [2.05, 4.69) is 19.8 Å². The number of nitrogens with two attached hydrogens (primary N) is 1. The van der Waals surface area contributed by atoms with Crippen LogP contribution in [0.4, 0.5) is 5.82 Å². The highest BCUT2D eigenvalue weighted by molar-refractivity contribution is 5.40. The Bertz CT molecular complexity index is 501. The molecule has 1 atom stereocenters. The number of β-amino-alcohol motifs (C(OH)–C–C–N with tert-alkyl or cyclic N) is 1. The van der Waals surface area contributed by atoms with E-state index < -0.39 is 0 Å². The lowest BCUT2D eigenvalue weighted by Gasteiger charge is -2.41. The van der Waals surface area contributed by atoms with Crippen molar-refractivity contribution in [3.8, 4) is 0 Å². The van der Waals surface area contributed by atoms with Gasteiger partial charge in [-0.1, -0.05) is 0 Å². The van der Waals surface area contributed by atoms with Crippen LogP contribution in [0.15, 0.2) is 6.07 Å². The van der Waals surface area contributed by atoms with Gasteiger partial charge in [0.25, 0.3) is 0 Å². The number of hydrogen-bond donors (Lipinski definition) is 2. The molecule has 1 aromatic heterocycles. The molecule has 22 heavy (non-hydrogen) atoms. The molecule has 0 aliphatic carbocycles. The summed E-state index contributed by atoms with van der Waals surface area (Å²) in [6, 6.07) is 2.61. The van der Waals surface area contributed by atoms with Crippen molar-refractivity contribution in [2.75, 3.05) is 31.1 Å². The average Bonchev–Trinajstić information content (AvgIpc) is 2.54. The van der Waals surface area contributed by atoms with Gasteiger partial charge in [0.1, 0.15) is 11.6 Å². The van der Waals surface area contributed by atoms with Gasteiger partial charge in [-0.2, -0.15) is 0 Å². The Labute approximate surface area is 132 Å². The van der Waals surface area contributed by atoms with Crippen LogP contribution in [-0.4, -0.2) is 58.3 Å². The zero-order chi connectivity index (χ0) is 15.5. The number of aliphatic hydroxyl groups excluding tert-OH is 1. The van der Waals surface area contributed by atoms with E-state index in [0.29, 0.717) is 12.6 Å². The van der Waals surface area contributed by atoms with Gasteiger partial charge in [0.05, 0.1) is 11.8 Å². The predicted octanol–water partition coefficient (Wildman–Crippen LogP) is 0.669. The van der Waals surface area contributed by atoms with Crippen molar-refractivity contribution in [3.63, 3.8) is 0 Å². The van der Waals surface area contributed by atoms with Gasteiger partial charge < -0.3 is 15.7 Å². The van der Waals surface area contributed by atoms with Gasteiger partial charge in [-0.25, -0.2) is 9.97 Å². The van der Waals surface area contributed by atoms with E-state index >= 15 is 0 Å². The Kier molecular flexibility index (Phi) is 4.90. The molecular formula is C16H27N5O. The molecule has 3 rings (SSSR count). The summed E-state index contributed by atoms with van der Waals surface area (Å²) in [7, 11) is 0. The van der Waals surface area contributed by atoms with Crippen LogP contribution >= 0.6 is 0 Å². The molecule has 2 aliphatic heterocycles. The van der Waals surface area contributed by atoms with Crippen LogP contribution in [0.5, 0.6) is 0 Å². The number of anilines is 1. The first kappa shape index (κ1) is 15.6. The molecule has 0 spiro atoms. The average molecular weight is 305 g/mol. The number of aliphatic hydroxyl groups is 1. The molecule has 3 heterocycles. The van der Waals surface area contributed by atoms with Crippen LogP contribution in [0, 0.1) is 6.92 Å². The van der Waals surface area contributed by atoms with Gasteiger partial charge in [0, 0.05) is 38.3 Å². The topological polar surface area (TPSA) is 78.5 Å². The van der Waals surface area contributed by atoms with E-state index in [1.807, 2.05) is 13.0 Å². The van der Waals surface area contributed by atoms with Crippen molar-refractivity contribution in [2.24, 2.45) is 5.73 Å². The minimum Gasteiger partial charge on any atom is -0.392 e. The fourth-order valence-corrected chi connectivity index (χ4v) is 3.65. The molecule has 0 saturated carbocycles. The molecule has 0 radical (unpaired) electrons. The van der Waals surface area contributed by atoms with Crippen molar-refractivity contribution in [1.82, 2.24) is 14.9 Å². The van der Waals surface area contributed by atoms with E-state index in [1.165, 1.54) is 0 Å². The second-order valence-electron chi connectivity index (χ2n) is 6.48. The third-order valence-corrected chi connectivity index (χ3v) is 4.82. The van der Waals surface area contributed by atoms with Crippen molar-refractivity contribution < 1.29 is 5.11 Å². The maximum atomic E-state index is 9.85. The second-order valence-corrected chi connectivity index (χ2v) is 6.48. The number of aromatic nitrogens is 2. The lowest BCUT2D eigenvalue weighted by molar-refractivity contribution is 0.0398. The Morgan fingerprint density at radius 3 is 2.68 bits per heavy atom. The first-order valence-electron chi connectivity index (χ1n) is 8.37. The minimum atomic E-state index is -0.136. The highest BCUT2D eigenvalue weighted by atomic mass is 16.3. The third kappa shape index (κ3) is 3.56. The van der Waals surface area contributed by atoms with Gasteiger partial charge in [-0.3, -0.25) is 4.90 Å². The molecule has 6 nitrogen and oxygen atoms in total. The normalized spacial score (nSPS) is 24.7.